The van der Waals surface area contributed by atoms with Gasteiger partial charge in [0.2, 0.25) is 0 Å². The lowest BCUT2D eigenvalue weighted by molar-refractivity contribution is -0.173. The number of alkyl halides is 3. The highest BCUT2D eigenvalue weighted by atomic mass is 32.1. The largest absolute Gasteiger partial charge is 0.411 e. The molecule has 0 saturated carbocycles. The minimum absolute atomic E-state index is 0.0579. The van der Waals surface area contributed by atoms with Gasteiger partial charge in [-0.3, -0.25) is 0 Å². The van der Waals surface area contributed by atoms with Crippen LogP contribution in [-0.2, 0) is 4.74 Å². The third-order valence-electron chi connectivity index (χ3n) is 2.99. The summed E-state index contributed by atoms with van der Waals surface area (Å²) in [7, 11) is 0. The van der Waals surface area contributed by atoms with Crippen LogP contribution >= 0.6 is 11.3 Å². The van der Waals surface area contributed by atoms with Gasteiger partial charge in [0.15, 0.2) is 0 Å². The fourth-order valence-electron chi connectivity index (χ4n) is 1.89. The summed E-state index contributed by atoms with van der Waals surface area (Å²) in [5.74, 6) is 0.720. The molecule has 2 heterocycles. The molecule has 0 atom stereocenters. The van der Waals surface area contributed by atoms with E-state index in [9.17, 15) is 13.2 Å². The topological polar surface area (TPSA) is 47.0 Å². The monoisotopic (exact) mass is 319 g/mol. The first-order chi connectivity index (χ1) is 9.88. The first-order valence-corrected chi connectivity index (χ1v) is 7.29. The first kappa shape index (κ1) is 16.0. The first-order valence-electron chi connectivity index (χ1n) is 6.47. The van der Waals surface area contributed by atoms with Crippen LogP contribution in [0.5, 0.6) is 0 Å². The summed E-state index contributed by atoms with van der Waals surface area (Å²) in [5.41, 5.74) is 1.13. The number of rotatable bonds is 6. The fourth-order valence-corrected chi connectivity index (χ4v) is 2.88. The van der Waals surface area contributed by atoms with Gasteiger partial charge in [-0.2, -0.15) is 13.2 Å². The lowest BCUT2D eigenvalue weighted by Gasteiger charge is -2.09. The van der Waals surface area contributed by atoms with Crippen molar-refractivity contribution in [2.24, 2.45) is 0 Å². The Morgan fingerprint density at radius 3 is 2.76 bits per heavy atom. The van der Waals surface area contributed by atoms with Crippen LogP contribution < -0.4 is 5.32 Å². The zero-order valence-corrected chi connectivity index (χ0v) is 12.6. The molecule has 0 aromatic carbocycles. The molecule has 0 aliphatic carbocycles. The molecule has 0 bridgehead atoms. The quantitative estimate of drug-likeness (QED) is 0.825. The number of hydrogen-bond acceptors (Lipinski definition) is 5. The standard InChI is InChI=1S/C13H16F3N3OS/c1-8-9(2)21-12-10(8)11(18-7-19-12)17-4-3-5-20-6-13(14,15)16/h7H,3-6H2,1-2H3,(H,17,18,19). The van der Waals surface area contributed by atoms with Crippen LogP contribution in [0.3, 0.4) is 0 Å². The predicted molar refractivity (Wildman–Crippen MR) is 76.9 cm³/mol. The van der Waals surface area contributed by atoms with Crippen LogP contribution in [0.15, 0.2) is 6.33 Å². The number of anilines is 1. The highest BCUT2D eigenvalue weighted by Gasteiger charge is 2.27. The number of aromatic nitrogens is 2. The van der Waals surface area contributed by atoms with Gasteiger partial charge in [0.25, 0.3) is 0 Å². The van der Waals surface area contributed by atoms with E-state index in [0.29, 0.717) is 13.0 Å². The lowest BCUT2D eigenvalue weighted by atomic mass is 10.2. The summed E-state index contributed by atoms with van der Waals surface area (Å²) in [6, 6.07) is 0. The van der Waals surface area contributed by atoms with Gasteiger partial charge in [-0.1, -0.05) is 0 Å². The Bertz CT molecular complexity index is 612. The number of hydrogen-bond donors (Lipinski definition) is 1. The molecular weight excluding hydrogens is 303 g/mol. The average Bonchev–Trinajstić information content (AvgIpc) is 2.69. The minimum Gasteiger partial charge on any atom is -0.372 e. The number of ether oxygens (including phenoxy) is 1. The van der Waals surface area contributed by atoms with E-state index < -0.39 is 12.8 Å². The summed E-state index contributed by atoms with van der Waals surface area (Å²) >= 11 is 1.60. The second-order valence-electron chi connectivity index (χ2n) is 4.63. The molecule has 116 valence electrons. The summed E-state index contributed by atoms with van der Waals surface area (Å²) in [6.07, 6.45) is -2.30. The SMILES string of the molecule is Cc1sc2ncnc(NCCCOCC(F)(F)F)c2c1C. The molecule has 0 aliphatic rings. The molecule has 1 N–H and O–H groups in total. The van der Waals surface area contributed by atoms with Crippen molar-refractivity contribution in [2.45, 2.75) is 26.4 Å². The van der Waals surface area contributed by atoms with Crippen molar-refractivity contribution in [1.82, 2.24) is 9.97 Å². The molecular formula is C13H16F3N3OS. The van der Waals surface area contributed by atoms with Crippen molar-refractivity contribution in [3.63, 3.8) is 0 Å². The van der Waals surface area contributed by atoms with Crippen molar-refractivity contribution < 1.29 is 17.9 Å². The summed E-state index contributed by atoms with van der Waals surface area (Å²) < 4.78 is 40.2. The van der Waals surface area contributed by atoms with Crippen LogP contribution in [0, 0.1) is 13.8 Å². The van der Waals surface area contributed by atoms with E-state index in [0.717, 1.165) is 21.6 Å². The Kier molecular flexibility index (Phi) is 5.00. The molecule has 0 aliphatic heterocycles. The Hall–Kier alpha value is -1.41. The molecule has 0 saturated heterocycles. The van der Waals surface area contributed by atoms with Crippen LogP contribution in [0.4, 0.5) is 19.0 Å². The van der Waals surface area contributed by atoms with Gasteiger partial charge >= 0.3 is 6.18 Å². The number of aryl methyl sites for hydroxylation is 2. The van der Waals surface area contributed by atoms with Crippen LogP contribution in [0.25, 0.3) is 10.2 Å². The van der Waals surface area contributed by atoms with Crippen molar-refractivity contribution in [2.75, 3.05) is 25.1 Å². The zero-order valence-electron chi connectivity index (χ0n) is 11.8. The number of halogens is 3. The lowest BCUT2D eigenvalue weighted by Crippen LogP contribution is -2.18. The number of nitrogens with zero attached hydrogens (tertiary/aromatic N) is 2. The van der Waals surface area contributed by atoms with E-state index in [4.69, 9.17) is 0 Å². The number of thiophene rings is 1. The van der Waals surface area contributed by atoms with Gasteiger partial charge in [-0.15, -0.1) is 11.3 Å². The maximum Gasteiger partial charge on any atom is 0.411 e. The number of fused-ring (bicyclic) bond motifs is 1. The molecule has 2 aromatic heterocycles. The molecule has 0 radical (unpaired) electrons. The van der Waals surface area contributed by atoms with E-state index in [1.54, 1.807) is 11.3 Å². The van der Waals surface area contributed by atoms with Crippen LogP contribution in [-0.4, -0.2) is 35.9 Å². The molecule has 0 amide bonds. The van der Waals surface area contributed by atoms with Gasteiger partial charge in [0.05, 0.1) is 5.39 Å². The second kappa shape index (κ2) is 6.57. The fraction of sp³-hybridized carbons (Fsp3) is 0.538. The molecule has 0 fully saturated rings. The van der Waals surface area contributed by atoms with Crippen LogP contribution in [0.1, 0.15) is 16.9 Å². The molecule has 0 unspecified atom stereocenters. The maximum absolute atomic E-state index is 11.9. The number of nitrogens with one attached hydrogen (secondary N) is 1. The minimum atomic E-state index is -4.27. The molecule has 21 heavy (non-hydrogen) atoms. The van der Waals surface area contributed by atoms with E-state index in [1.807, 2.05) is 13.8 Å². The second-order valence-corrected chi connectivity index (χ2v) is 5.84. The zero-order chi connectivity index (χ0) is 15.5. The Labute approximate surface area is 124 Å². The maximum atomic E-state index is 11.9. The van der Waals surface area contributed by atoms with E-state index in [-0.39, 0.29) is 6.61 Å². The van der Waals surface area contributed by atoms with Crippen molar-refractivity contribution in [3.8, 4) is 0 Å². The van der Waals surface area contributed by atoms with Gasteiger partial charge in [0.1, 0.15) is 23.6 Å². The summed E-state index contributed by atoms with van der Waals surface area (Å²) in [4.78, 5) is 10.5. The predicted octanol–water partition coefficient (Wildman–Crippen LogP) is 3.69. The van der Waals surface area contributed by atoms with Gasteiger partial charge < -0.3 is 10.1 Å². The van der Waals surface area contributed by atoms with Gasteiger partial charge in [-0.05, 0) is 25.8 Å². The smallest absolute Gasteiger partial charge is 0.372 e. The molecule has 2 aromatic rings. The Morgan fingerprint density at radius 1 is 1.29 bits per heavy atom. The molecule has 8 heteroatoms. The Balaban J connectivity index is 1.87. The highest BCUT2D eigenvalue weighted by Crippen LogP contribution is 2.32. The molecule has 2 rings (SSSR count). The summed E-state index contributed by atoms with van der Waals surface area (Å²) in [5, 5.41) is 4.12. The van der Waals surface area contributed by atoms with Gasteiger partial charge in [-0.25, -0.2) is 9.97 Å². The van der Waals surface area contributed by atoms with E-state index >= 15 is 0 Å². The van der Waals surface area contributed by atoms with Crippen molar-refractivity contribution in [3.05, 3.63) is 16.8 Å². The van der Waals surface area contributed by atoms with Crippen molar-refractivity contribution >= 4 is 27.4 Å². The normalized spacial score (nSPS) is 12.0. The highest BCUT2D eigenvalue weighted by molar-refractivity contribution is 7.18. The average molecular weight is 319 g/mol. The Morgan fingerprint density at radius 2 is 2.05 bits per heavy atom. The van der Waals surface area contributed by atoms with Crippen molar-refractivity contribution in [1.29, 1.82) is 0 Å². The van der Waals surface area contributed by atoms with E-state index in [2.05, 4.69) is 20.0 Å². The third kappa shape index (κ3) is 4.28. The molecule has 0 spiro atoms. The third-order valence-corrected chi connectivity index (χ3v) is 4.10. The molecule has 4 nitrogen and oxygen atoms in total. The van der Waals surface area contributed by atoms with E-state index in [1.165, 1.54) is 11.2 Å². The summed E-state index contributed by atoms with van der Waals surface area (Å²) in [6.45, 7) is 3.39. The van der Waals surface area contributed by atoms with Crippen LogP contribution in [0.2, 0.25) is 0 Å². The van der Waals surface area contributed by atoms with Gasteiger partial charge in [0, 0.05) is 18.0 Å².